The first kappa shape index (κ1) is 14.5. The molecular formula is C13H25NO3. The molecule has 2 unspecified atom stereocenters. The standard InChI is InChI=1S/C13H25NO3/c1-4-6-7-14(11(3)5-2)13(15)12-10-16-8-9-17-12/h11-12H,4-10H2,1-3H3. The average molecular weight is 243 g/mol. The van der Waals surface area contributed by atoms with Crippen LogP contribution in [0.5, 0.6) is 0 Å². The fourth-order valence-corrected chi connectivity index (χ4v) is 1.91. The summed E-state index contributed by atoms with van der Waals surface area (Å²) in [5.74, 6) is 0.0903. The van der Waals surface area contributed by atoms with Crippen LogP contribution in [0.2, 0.25) is 0 Å². The number of amides is 1. The summed E-state index contributed by atoms with van der Waals surface area (Å²) >= 11 is 0. The van der Waals surface area contributed by atoms with E-state index < -0.39 is 6.10 Å². The number of carbonyl (C=O) groups is 1. The number of unbranched alkanes of at least 4 members (excludes halogenated alkanes) is 1. The van der Waals surface area contributed by atoms with Crippen molar-refractivity contribution in [2.75, 3.05) is 26.4 Å². The number of hydrogen-bond donors (Lipinski definition) is 0. The first-order valence-electron chi connectivity index (χ1n) is 6.70. The molecular weight excluding hydrogens is 218 g/mol. The quantitative estimate of drug-likeness (QED) is 0.714. The number of rotatable bonds is 6. The molecule has 1 fully saturated rings. The maximum Gasteiger partial charge on any atom is 0.254 e. The van der Waals surface area contributed by atoms with E-state index >= 15 is 0 Å². The molecule has 0 saturated carbocycles. The molecule has 0 aliphatic carbocycles. The molecule has 4 heteroatoms. The van der Waals surface area contributed by atoms with Crippen molar-refractivity contribution >= 4 is 5.91 Å². The maximum absolute atomic E-state index is 12.3. The zero-order valence-electron chi connectivity index (χ0n) is 11.3. The van der Waals surface area contributed by atoms with E-state index in [4.69, 9.17) is 9.47 Å². The smallest absolute Gasteiger partial charge is 0.254 e. The van der Waals surface area contributed by atoms with Gasteiger partial charge in [0.15, 0.2) is 6.10 Å². The summed E-state index contributed by atoms with van der Waals surface area (Å²) in [6.45, 7) is 8.69. The fourth-order valence-electron chi connectivity index (χ4n) is 1.91. The predicted molar refractivity (Wildman–Crippen MR) is 66.9 cm³/mol. The fraction of sp³-hybridized carbons (Fsp3) is 0.923. The molecule has 0 spiro atoms. The van der Waals surface area contributed by atoms with Crippen LogP contribution in [0.1, 0.15) is 40.0 Å². The average Bonchev–Trinajstić information content (AvgIpc) is 2.39. The second-order valence-electron chi connectivity index (χ2n) is 4.58. The summed E-state index contributed by atoms with van der Waals surface area (Å²) in [6, 6.07) is 0.277. The number of ether oxygens (including phenoxy) is 2. The van der Waals surface area contributed by atoms with Crippen LogP contribution in [0, 0.1) is 0 Å². The van der Waals surface area contributed by atoms with Gasteiger partial charge in [-0.25, -0.2) is 0 Å². The van der Waals surface area contributed by atoms with Gasteiger partial charge in [-0.15, -0.1) is 0 Å². The minimum Gasteiger partial charge on any atom is -0.376 e. The van der Waals surface area contributed by atoms with Crippen molar-refractivity contribution in [2.45, 2.75) is 52.2 Å². The third-order valence-electron chi connectivity index (χ3n) is 3.25. The molecule has 1 heterocycles. The molecule has 0 bridgehead atoms. The third-order valence-corrected chi connectivity index (χ3v) is 3.25. The summed E-state index contributed by atoms with van der Waals surface area (Å²) in [6.07, 6.45) is 2.73. The van der Waals surface area contributed by atoms with Gasteiger partial charge in [0.1, 0.15) is 0 Å². The zero-order chi connectivity index (χ0) is 12.7. The molecule has 1 saturated heterocycles. The molecule has 0 radical (unpaired) electrons. The molecule has 0 aromatic carbocycles. The SMILES string of the molecule is CCCCN(C(=O)C1COCCO1)C(C)CC. The van der Waals surface area contributed by atoms with Crippen molar-refractivity contribution in [3.63, 3.8) is 0 Å². The summed E-state index contributed by atoms with van der Waals surface area (Å²) in [7, 11) is 0. The monoisotopic (exact) mass is 243 g/mol. The molecule has 1 amide bonds. The summed E-state index contributed by atoms with van der Waals surface area (Å²) in [5, 5.41) is 0. The Labute approximate surface area is 104 Å². The Morgan fingerprint density at radius 3 is 2.71 bits per heavy atom. The van der Waals surface area contributed by atoms with E-state index in [0.717, 1.165) is 25.8 Å². The summed E-state index contributed by atoms with van der Waals surface area (Å²) in [5.41, 5.74) is 0. The Bertz CT molecular complexity index is 227. The van der Waals surface area contributed by atoms with Crippen molar-refractivity contribution in [2.24, 2.45) is 0 Å². The van der Waals surface area contributed by atoms with E-state index in [0.29, 0.717) is 19.8 Å². The minimum absolute atomic E-state index is 0.0903. The van der Waals surface area contributed by atoms with Gasteiger partial charge < -0.3 is 14.4 Å². The number of hydrogen-bond acceptors (Lipinski definition) is 3. The predicted octanol–water partition coefficient (Wildman–Crippen LogP) is 1.83. The first-order chi connectivity index (χ1) is 8.20. The van der Waals surface area contributed by atoms with Crippen LogP contribution >= 0.6 is 0 Å². The lowest BCUT2D eigenvalue weighted by Gasteiger charge is -2.33. The van der Waals surface area contributed by atoms with E-state index in [1.54, 1.807) is 0 Å². The van der Waals surface area contributed by atoms with Gasteiger partial charge in [0.2, 0.25) is 0 Å². The molecule has 0 N–H and O–H groups in total. The Balaban J connectivity index is 2.56. The van der Waals surface area contributed by atoms with Crippen LogP contribution < -0.4 is 0 Å². The Hall–Kier alpha value is -0.610. The molecule has 2 atom stereocenters. The molecule has 1 rings (SSSR count). The Morgan fingerprint density at radius 2 is 2.18 bits per heavy atom. The van der Waals surface area contributed by atoms with E-state index in [9.17, 15) is 4.79 Å². The van der Waals surface area contributed by atoms with Crippen molar-refractivity contribution in [3.8, 4) is 0 Å². The largest absolute Gasteiger partial charge is 0.376 e. The highest BCUT2D eigenvalue weighted by Crippen LogP contribution is 2.12. The zero-order valence-corrected chi connectivity index (χ0v) is 11.3. The number of nitrogens with zero attached hydrogens (tertiary/aromatic N) is 1. The third kappa shape index (κ3) is 4.28. The van der Waals surface area contributed by atoms with Crippen LogP contribution in [0.3, 0.4) is 0 Å². The van der Waals surface area contributed by atoms with E-state index in [1.807, 2.05) is 4.90 Å². The van der Waals surface area contributed by atoms with Crippen molar-refractivity contribution in [3.05, 3.63) is 0 Å². The van der Waals surface area contributed by atoms with E-state index in [-0.39, 0.29) is 11.9 Å². The highest BCUT2D eigenvalue weighted by Gasteiger charge is 2.29. The molecule has 4 nitrogen and oxygen atoms in total. The van der Waals surface area contributed by atoms with Crippen LogP contribution in [-0.4, -0.2) is 49.3 Å². The van der Waals surface area contributed by atoms with Gasteiger partial charge >= 0.3 is 0 Å². The molecule has 1 aliphatic heterocycles. The Kier molecular flexibility index (Phi) is 6.52. The molecule has 1 aliphatic rings. The highest BCUT2D eigenvalue weighted by molar-refractivity contribution is 5.81. The topological polar surface area (TPSA) is 38.8 Å². The maximum atomic E-state index is 12.3. The van der Waals surface area contributed by atoms with E-state index in [1.165, 1.54) is 0 Å². The van der Waals surface area contributed by atoms with Crippen LogP contribution in [0.25, 0.3) is 0 Å². The second-order valence-corrected chi connectivity index (χ2v) is 4.58. The number of carbonyl (C=O) groups excluding carboxylic acids is 1. The lowest BCUT2D eigenvalue weighted by atomic mass is 10.1. The van der Waals surface area contributed by atoms with Gasteiger partial charge in [0.25, 0.3) is 5.91 Å². The highest BCUT2D eigenvalue weighted by atomic mass is 16.6. The van der Waals surface area contributed by atoms with E-state index in [2.05, 4.69) is 20.8 Å². The minimum atomic E-state index is -0.394. The van der Waals surface area contributed by atoms with Gasteiger partial charge in [-0.3, -0.25) is 4.79 Å². The lowest BCUT2D eigenvalue weighted by molar-refractivity contribution is -0.160. The van der Waals surface area contributed by atoms with Crippen molar-refractivity contribution in [1.29, 1.82) is 0 Å². The van der Waals surface area contributed by atoms with Crippen LogP contribution in [0.4, 0.5) is 0 Å². The van der Waals surface area contributed by atoms with Gasteiger partial charge in [0.05, 0.1) is 19.8 Å². The van der Waals surface area contributed by atoms with Gasteiger partial charge in [-0.2, -0.15) is 0 Å². The Morgan fingerprint density at radius 1 is 1.41 bits per heavy atom. The summed E-state index contributed by atoms with van der Waals surface area (Å²) in [4.78, 5) is 14.3. The van der Waals surface area contributed by atoms with Crippen LogP contribution in [-0.2, 0) is 14.3 Å². The van der Waals surface area contributed by atoms with Gasteiger partial charge in [0, 0.05) is 12.6 Å². The van der Waals surface area contributed by atoms with Crippen molar-refractivity contribution in [1.82, 2.24) is 4.90 Å². The molecule has 100 valence electrons. The molecule has 0 aromatic heterocycles. The summed E-state index contributed by atoms with van der Waals surface area (Å²) < 4.78 is 10.8. The van der Waals surface area contributed by atoms with Crippen LogP contribution in [0.15, 0.2) is 0 Å². The van der Waals surface area contributed by atoms with Gasteiger partial charge in [-0.05, 0) is 19.8 Å². The molecule has 17 heavy (non-hydrogen) atoms. The first-order valence-corrected chi connectivity index (χ1v) is 6.70. The molecule has 0 aromatic rings. The lowest BCUT2D eigenvalue weighted by Crippen LogP contribution is -2.49. The van der Waals surface area contributed by atoms with Gasteiger partial charge in [-0.1, -0.05) is 20.3 Å². The second kappa shape index (κ2) is 7.67. The van der Waals surface area contributed by atoms with Crippen molar-refractivity contribution < 1.29 is 14.3 Å². The normalized spacial score (nSPS) is 22.2.